The zero-order valence-electron chi connectivity index (χ0n) is 10.4. The normalized spacial score (nSPS) is 21.2. The van der Waals surface area contributed by atoms with Crippen molar-refractivity contribution < 1.29 is 9.50 Å². The van der Waals surface area contributed by atoms with Gasteiger partial charge in [-0.1, -0.05) is 24.1 Å². The Morgan fingerprint density at radius 1 is 1.39 bits per heavy atom. The average molecular weight is 272 g/mol. The maximum atomic E-state index is 13.4. The summed E-state index contributed by atoms with van der Waals surface area (Å²) in [4.78, 5) is 2.34. The molecule has 0 bridgehead atoms. The number of benzene rings is 1. The summed E-state index contributed by atoms with van der Waals surface area (Å²) in [6.07, 6.45) is 4.32. The van der Waals surface area contributed by atoms with Crippen molar-refractivity contribution in [1.82, 2.24) is 4.90 Å². The van der Waals surface area contributed by atoms with E-state index in [9.17, 15) is 4.39 Å². The Bertz CT molecular complexity index is 397. The number of nitrogens with zero attached hydrogens (tertiary/aromatic N) is 1. The van der Waals surface area contributed by atoms with Crippen LogP contribution in [0.25, 0.3) is 0 Å². The number of halogens is 2. The zero-order valence-corrected chi connectivity index (χ0v) is 11.2. The number of hydrogen-bond acceptors (Lipinski definition) is 2. The van der Waals surface area contributed by atoms with Crippen molar-refractivity contribution >= 4 is 11.6 Å². The van der Waals surface area contributed by atoms with Gasteiger partial charge < -0.3 is 5.11 Å². The highest BCUT2D eigenvalue weighted by Gasteiger charge is 2.21. The Hall–Kier alpha value is -0.640. The molecule has 2 nitrogen and oxygen atoms in total. The highest BCUT2D eigenvalue weighted by atomic mass is 35.5. The van der Waals surface area contributed by atoms with Crippen LogP contribution < -0.4 is 0 Å². The van der Waals surface area contributed by atoms with Gasteiger partial charge in [0.15, 0.2) is 0 Å². The fourth-order valence-corrected chi connectivity index (χ4v) is 2.73. The van der Waals surface area contributed by atoms with Gasteiger partial charge in [0.05, 0.1) is 5.02 Å². The molecule has 1 atom stereocenters. The van der Waals surface area contributed by atoms with Crippen LogP contribution >= 0.6 is 11.6 Å². The second-order valence-corrected chi connectivity index (χ2v) is 5.29. The molecule has 1 saturated heterocycles. The Morgan fingerprint density at radius 3 is 2.94 bits per heavy atom. The Balaban J connectivity index is 2.03. The second-order valence-electron chi connectivity index (χ2n) is 4.88. The van der Waals surface area contributed by atoms with Crippen molar-refractivity contribution in [3.8, 4) is 0 Å². The summed E-state index contributed by atoms with van der Waals surface area (Å²) in [6, 6.07) is 5.41. The third-order valence-corrected chi connectivity index (χ3v) is 3.89. The number of rotatable bonds is 4. The van der Waals surface area contributed by atoms with E-state index in [1.165, 1.54) is 18.9 Å². The van der Waals surface area contributed by atoms with Gasteiger partial charge in [0.25, 0.3) is 0 Å². The molecule has 0 amide bonds. The topological polar surface area (TPSA) is 23.5 Å². The third-order valence-electron chi connectivity index (χ3n) is 3.58. The van der Waals surface area contributed by atoms with E-state index < -0.39 is 0 Å². The lowest BCUT2D eigenvalue weighted by molar-refractivity contribution is 0.112. The van der Waals surface area contributed by atoms with Crippen LogP contribution in [0.2, 0.25) is 5.02 Å². The SMILES string of the molecule is OCCC1CCCCN1Cc1ccc(Cl)c(F)c1. The van der Waals surface area contributed by atoms with Gasteiger partial charge in [0.1, 0.15) is 5.82 Å². The summed E-state index contributed by atoms with van der Waals surface area (Å²) in [5.74, 6) is -0.357. The summed E-state index contributed by atoms with van der Waals surface area (Å²) in [6.45, 7) is 1.98. The van der Waals surface area contributed by atoms with Crippen LogP contribution in [0.3, 0.4) is 0 Å². The maximum absolute atomic E-state index is 13.4. The summed E-state index contributed by atoms with van der Waals surface area (Å²) < 4.78 is 13.4. The minimum atomic E-state index is -0.357. The summed E-state index contributed by atoms with van der Waals surface area (Å²) in [7, 11) is 0. The lowest BCUT2D eigenvalue weighted by Crippen LogP contribution is -2.39. The molecule has 1 heterocycles. The van der Waals surface area contributed by atoms with E-state index in [2.05, 4.69) is 4.90 Å². The number of aliphatic hydroxyl groups is 1. The van der Waals surface area contributed by atoms with E-state index in [0.717, 1.165) is 31.5 Å². The Kier molecular flexibility index (Phi) is 4.98. The number of aliphatic hydroxyl groups excluding tert-OH is 1. The monoisotopic (exact) mass is 271 g/mol. The van der Waals surface area contributed by atoms with Crippen molar-refractivity contribution in [2.45, 2.75) is 38.3 Å². The first-order valence-corrected chi connectivity index (χ1v) is 6.87. The molecule has 2 rings (SSSR count). The van der Waals surface area contributed by atoms with Crippen molar-refractivity contribution in [3.05, 3.63) is 34.6 Å². The number of piperidine rings is 1. The minimum Gasteiger partial charge on any atom is -0.396 e. The Morgan fingerprint density at radius 2 is 2.22 bits per heavy atom. The first-order valence-electron chi connectivity index (χ1n) is 6.49. The van der Waals surface area contributed by atoms with E-state index in [-0.39, 0.29) is 17.4 Å². The molecule has 0 aromatic heterocycles. The van der Waals surface area contributed by atoms with Crippen molar-refractivity contribution in [2.24, 2.45) is 0 Å². The van der Waals surface area contributed by atoms with E-state index in [1.54, 1.807) is 6.07 Å². The Labute approximate surface area is 112 Å². The fraction of sp³-hybridized carbons (Fsp3) is 0.571. The standard InChI is InChI=1S/C14H19ClFNO/c15-13-5-4-11(9-14(13)16)10-17-7-2-1-3-12(17)6-8-18/h4-5,9,12,18H,1-3,6-8,10H2. The van der Waals surface area contributed by atoms with Gasteiger partial charge in [-0.25, -0.2) is 4.39 Å². The molecule has 1 fully saturated rings. The van der Waals surface area contributed by atoms with E-state index >= 15 is 0 Å². The highest BCUT2D eigenvalue weighted by Crippen LogP contribution is 2.23. The van der Waals surface area contributed by atoms with Gasteiger partial charge in [-0.05, 0) is 43.5 Å². The molecular weight excluding hydrogens is 253 g/mol. The van der Waals surface area contributed by atoms with Gasteiger partial charge in [0, 0.05) is 19.2 Å². The van der Waals surface area contributed by atoms with Crippen LogP contribution in [0, 0.1) is 5.82 Å². The van der Waals surface area contributed by atoms with Crippen molar-refractivity contribution in [1.29, 1.82) is 0 Å². The molecule has 18 heavy (non-hydrogen) atoms. The lowest BCUT2D eigenvalue weighted by atomic mass is 9.99. The molecule has 1 aromatic rings. The third kappa shape index (κ3) is 3.44. The molecule has 100 valence electrons. The molecule has 0 saturated carbocycles. The second kappa shape index (κ2) is 6.50. The first kappa shape index (κ1) is 13.8. The molecule has 1 unspecified atom stereocenters. The number of likely N-dealkylation sites (tertiary alicyclic amines) is 1. The molecule has 1 N–H and O–H groups in total. The number of hydrogen-bond donors (Lipinski definition) is 1. The summed E-state index contributed by atoms with van der Waals surface area (Å²) in [5, 5.41) is 9.25. The molecular formula is C14H19ClFNO. The molecule has 1 aromatic carbocycles. The van der Waals surface area contributed by atoms with Gasteiger partial charge in [-0.2, -0.15) is 0 Å². The molecule has 1 aliphatic heterocycles. The van der Waals surface area contributed by atoms with Gasteiger partial charge in [-0.15, -0.1) is 0 Å². The van der Waals surface area contributed by atoms with Crippen LogP contribution in [0.5, 0.6) is 0 Å². The van der Waals surface area contributed by atoms with Gasteiger partial charge in [0.2, 0.25) is 0 Å². The van der Waals surface area contributed by atoms with E-state index in [0.29, 0.717) is 6.04 Å². The van der Waals surface area contributed by atoms with Gasteiger partial charge in [-0.3, -0.25) is 4.90 Å². The molecule has 0 aliphatic carbocycles. The smallest absolute Gasteiger partial charge is 0.142 e. The summed E-state index contributed by atoms with van der Waals surface area (Å²) >= 11 is 5.68. The largest absolute Gasteiger partial charge is 0.396 e. The van der Waals surface area contributed by atoms with Crippen LogP contribution in [0.15, 0.2) is 18.2 Å². The summed E-state index contributed by atoms with van der Waals surface area (Å²) in [5.41, 5.74) is 0.946. The predicted molar refractivity (Wildman–Crippen MR) is 71.2 cm³/mol. The van der Waals surface area contributed by atoms with Crippen LogP contribution in [-0.2, 0) is 6.54 Å². The molecule has 0 radical (unpaired) electrons. The highest BCUT2D eigenvalue weighted by molar-refractivity contribution is 6.30. The first-order chi connectivity index (χ1) is 8.70. The van der Waals surface area contributed by atoms with E-state index in [1.807, 2.05) is 6.07 Å². The van der Waals surface area contributed by atoms with E-state index in [4.69, 9.17) is 16.7 Å². The average Bonchev–Trinajstić information content (AvgIpc) is 2.37. The minimum absolute atomic E-state index is 0.171. The molecule has 1 aliphatic rings. The van der Waals surface area contributed by atoms with Crippen LogP contribution in [0.1, 0.15) is 31.2 Å². The molecule has 0 spiro atoms. The zero-order chi connectivity index (χ0) is 13.0. The maximum Gasteiger partial charge on any atom is 0.142 e. The van der Waals surface area contributed by atoms with Crippen LogP contribution in [0.4, 0.5) is 4.39 Å². The predicted octanol–water partition coefficient (Wildman–Crippen LogP) is 3.22. The molecule has 4 heteroatoms. The quantitative estimate of drug-likeness (QED) is 0.909. The van der Waals surface area contributed by atoms with Crippen LogP contribution in [-0.4, -0.2) is 29.2 Å². The van der Waals surface area contributed by atoms with Crippen molar-refractivity contribution in [3.63, 3.8) is 0 Å². The van der Waals surface area contributed by atoms with Gasteiger partial charge >= 0.3 is 0 Å². The van der Waals surface area contributed by atoms with Crippen molar-refractivity contribution in [2.75, 3.05) is 13.2 Å². The lowest BCUT2D eigenvalue weighted by Gasteiger charge is -2.35. The fourth-order valence-electron chi connectivity index (χ4n) is 2.62.